The summed E-state index contributed by atoms with van der Waals surface area (Å²) in [5.74, 6) is -0.211. The molecule has 134 valence electrons. The van der Waals surface area contributed by atoms with Gasteiger partial charge in [0, 0.05) is 11.6 Å². The van der Waals surface area contributed by atoms with E-state index in [1.54, 1.807) is 25.1 Å². The number of hydrogen-bond acceptors (Lipinski definition) is 3. The number of carbonyl (C=O) groups is 1. The first kappa shape index (κ1) is 19.0. The number of anilines is 1. The van der Waals surface area contributed by atoms with E-state index in [-0.39, 0.29) is 11.9 Å². The Morgan fingerprint density at radius 3 is 2.44 bits per heavy atom. The van der Waals surface area contributed by atoms with Crippen molar-refractivity contribution >= 4 is 21.6 Å². The summed E-state index contributed by atoms with van der Waals surface area (Å²) in [5, 5.41) is 2.96. The molecule has 6 heteroatoms. The van der Waals surface area contributed by atoms with Gasteiger partial charge in [0.25, 0.3) is 5.91 Å². The van der Waals surface area contributed by atoms with E-state index in [9.17, 15) is 13.2 Å². The third kappa shape index (κ3) is 6.23. The van der Waals surface area contributed by atoms with Crippen molar-refractivity contribution < 1.29 is 13.2 Å². The van der Waals surface area contributed by atoms with Crippen LogP contribution in [0.3, 0.4) is 0 Å². The molecule has 0 unspecified atom stereocenters. The SMILES string of the molecule is Cc1ccc(C(=O)N[C@H](C)CCc2ccccc2)cc1NS(C)(=O)=O. The molecule has 25 heavy (non-hydrogen) atoms. The molecule has 2 aromatic rings. The van der Waals surface area contributed by atoms with Crippen LogP contribution in [0.4, 0.5) is 5.69 Å². The smallest absolute Gasteiger partial charge is 0.251 e. The van der Waals surface area contributed by atoms with E-state index in [2.05, 4.69) is 22.2 Å². The molecule has 0 fully saturated rings. The molecule has 0 radical (unpaired) electrons. The van der Waals surface area contributed by atoms with Crippen molar-refractivity contribution in [2.24, 2.45) is 0 Å². The van der Waals surface area contributed by atoms with Crippen LogP contribution in [-0.4, -0.2) is 26.6 Å². The molecule has 0 spiro atoms. The van der Waals surface area contributed by atoms with Gasteiger partial charge < -0.3 is 5.32 Å². The molecule has 0 bridgehead atoms. The second kappa shape index (κ2) is 8.16. The van der Waals surface area contributed by atoms with Crippen molar-refractivity contribution in [3.8, 4) is 0 Å². The third-order valence-electron chi connectivity index (χ3n) is 3.88. The van der Waals surface area contributed by atoms with Gasteiger partial charge in [0.15, 0.2) is 0 Å². The minimum atomic E-state index is -3.39. The summed E-state index contributed by atoms with van der Waals surface area (Å²) in [5.41, 5.74) is 2.85. The van der Waals surface area contributed by atoms with Crippen LogP contribution in [0.5, 0.6) is 0 Å². The highest BCUT2D eigenvalue weighted by Crippen LogP contribution is 2.18. The van der Waals surface area contributed by atoms with Gasteiger partial charge in [-0.25, -0.2) is 8.42 Å². The fraction of sp³-hybridized carbons (Fsp3) is 0.316. The van der Waals surface area contributed by atoms with E-state index >= 15 is 0 Å². The molecule has 0 aliphatic carbocycles. The van der Waals surface area contributed by atoms with E-state index in [0.29, 0.717) is 11.3 Å². The molecule has 1 atom stereocenters. The van der Waals surface area contributed by atoms with Crippen LogP contribution in [0.1, 0.15) is 34.8 Å². The van der Waals surface area contributed by atoms with Crippen molar-refractivity contribution in [1.82, 2.24) is 5.32 Å². The van der Waals surface area contributed by atoms with Gasteiger partial charge >= 0.3 is 0 Å². The van der Waals surface area contributed by atoms with Crippen molar-refractivity contribution in [1.29, 1.82) is 0 Å². The number of nitrogens with one attached hydrogen (secondary N) is 2. The maximum atomic E-state index is 12.4. The topological polar surface area (TPSA) is 75.3 Å². The first-order chi connectivity index (χ1) is 11.7. The lowest BCUT2D eigenvalue weighted by atomic mass is 10.1. The van der Waals surface area contributed by atoms with Gasteiger partial charge in [0.2, 0.25) is 10.0 Å². The second-order valence-corrected chi connectivity index (χ2v) is 8.05. The molecular weight excluding hydrogens is 336 g/mol. The van der Waals surface area contributed by atoms with Crippen LogP contribution < -0.4 is 10.0 Å². The summed E-state index contributed by atoms with van der Waals surface area (Å²) in [6.07, 6.45) is 2.80. The van der Waals surface area contributed by atoms with Gasteiger partial charge in [0.05, 0.1) is 11.9 Å². The number of hydrogen-bond donors (Lipinski definition) is 2. The summed E-state index contributed by atoms with van der Waals surface area (Å²) >= 11 is 0. The molecule has 0 saturated carbocycles. The first-order valence-corrected chi connectivity index (χ1v) is 10.1. The summed E-state index contributed by atoms with van der Waals surface area (Å²) < 4.78 is 25.3. The van der Waals surface area contributed by atoms with Crippen LogP contribution in [-0.2, 0) is 16.4 Å². The second-order valence-electron chi connectivity index (χ2n) is 6.30. The minimum Gasteiger partial charge on any atom is -0.350 e. The molecule has 5 nitrogen and oxygen atoms in total. The summed E-state index contributed by atoms with van der Waals surface area (Å²) in [7, 11) is -3.39. The zero-order valence-electron chi connectivity index (χ0n) is 14.7. The average Bonchev–Trinajstić information content (AvgIpc) is 2.54. The zero-order chi connectivity index (χ0) is 18.4. The standard InChI is InChI=1S/C19H24N2O3S/c1-14-9-12-17(13-18(14)21-25(3,23)24)19(22)20-15(2)10-11-16-7-5-4-6-8-16/h4-9,12-13,15,21H,10-11H2,1-3H3,(H,20,22)/t15-/m1/s1. The fourth-order valence-corrected chi connectivity index (χ4v) is 3.10. The van der Waals surface area contributed by atoms with Crippen LogP contribution in [0.25, 0.3) is 0 Å². The Morgan fingerprint density at radius 1 is 1.12 bits per heavy atom. The Bertz CT molecular complexity index is 833. The van der Waals surface area contributed by atoms with E-state index in [4.69, 9.17) is 0 Å². The van der Waals surface area contributed by atoms with E-state index in [1.807, 2.05) is 25.1 Å². The molecule has 2 rings (SSSR count). The number of carbonyl (C=O) groups excluding carboxylic acids is 1. The zero-order valence-corrected chi connectivity index (χ0v) is 15.6. The lowest BCUT2D eigenvalue weighted by Crippen LogP contribution is -2.33. The molecule has 0 saturated heterocycles. The largest absolute Gasteiger partial charge is 0.350 e. The Hall–Kier alpha value is -2.34. The number of rotatable bonds is 7. The highest BCUT2D eigenvalue weighted by Gasteiger charge is 2.13. The Balaban J connectivity index is 1.99. The lowest BCUT2D eigenvalue weighted by molar-refractivity contribution is 0.0938. The van der Waals surface area contributed by atoms with Crippen molar-refractivity contribution in [2.75, 3.05) is 11.0 Å². The molecule has 0 heterocycles. The van der Waals surface area contributed by atoms with Gasteiger partial charge in [-0.15, -0.1) is 0 Å². The number of aryl methyl sites for hydroxylation is 2. The predicted octanol–water partition coefficient (Wildman–Crippen LogP) is 3.12. The van der Waals surface area contributed by atoms with Crippen molar-refractivity contribution in [3.63, 3.8) is 0 Å². The van der Waals surface area contributed by atoms with E-state index in [0.717, 1.165) is 24.7 Å². The summed E-state index contributed by atoms with van der Waals surface area (Å²) in [6, 6.07) is 15.1. The molecule has 2 N–H and O–H groups in total. The molecule has 2 aromatic carbocycles. The Morgan fingerprint density at radius 2 is 1.80 bits per heavy atom. The van der Waals surface area contributed by atoms with Gasteiger partial charge in [-0.1, -0.05) is 36.4 Å². The highest BCUT2D eigenvalue weighted by molar-refractivity contribution is 7.92. The normalized spacial score (nSPS) is 12.4. The van der Waals surface area contributed by atoms with E-state index < -0.39 is 10.0 Å². The number of benzene rings is 2. The highest BCUT2D eigenvalue weighted by atomic mass is 32.2. The van der Waals surface area contributed by atoms with Crippen LogP contribution in [0.2, 0.25) is 0 Å². The van der Waals surface area contributed by atoms with Gasteiger partial charge in [0.1, 0.15) is 0 Å². The Labute approximate surface area is 149 Å². The monoisotopic (exact) mass is 360 g/mol. The maximum absolute atomic E-state index is 12.4. The number of amides is 1. The summed E-state index contributed by atoms with van der Waals surface area (Å²) in [4.78, 5) is 12.4. The predicted molar refractivity (Wildman–Crippen MR) is 101 cm³/mol. The lowest BCUT2D eigenvalue weighted by Gasteiger charge is -2.15. The van der Waals surface area contributed by atoms with Gasteiger partial charge in [-0.2, -0.15) is 0 Å². The van der Waals surface area contributed by atoms with Gasteiger partial charge in [-0.3, -0.25) is 9.52 Å². The average molecular weight is 360 g/mol. The molecule has 1 amide bonds. The fourth-order valence-electron chi connectivity index (χ4n) is 2.48. The molecule has 0 aliphatic rings. The van der Waals surface area contributed by atoms with E-state index in [1.165, 1.54) is 5.56 Å². The third-order valence-corrected chi connectivity index (χ3v) is 4.47. The summed E-state index contributed by atoms with van der Waals surface area (Å²) in [6.45, 7) is 3.75. The molecule has 0 aliphatic heterocycles. The first-order valence-electron chi connectivity index (χ1n) is 8.18. The number of sulfonamides is 1. The quantitative estimate of drug-likeness (QED) is 0.796. The maximum Gasteiger partial charge on any atom is 0.251 e. The van der Waals surface area contributed by atoms with Crippen LogP contribution >= 0.6 is 0 Å². The van der Waals surface area contributed by atoms with Crippen molar-refractivity contribution in [2.45, 2.75) is 32.7 Å². The molecule has 0 aromatic heterocycles. The molecular formula is C19H24N2O3S. The van der Waals surface area contributed by atoms with Crippen LogP contribution in [0, 0.1) is 6.92 Å². The van der Waals surface area contributed by atoms with Crippen LogP contribution in [0.15, 0.2) is 48.5 Å². The minimum absolute atomic E-state index is 0.0142. The Kier molecular flexibility index (Phi) is 6.20. The van der Waals surface area contributed by atoms with Gasteiger partial charge in [-0.05, 0) is 49.9 Å². The van der Waals surface area contributed by atoms with Crippen molar-refractivity contribution in [3.05, 3.63) is 65.2 Å².